The maximum atomic E-state index is 4.85. The third-order valence-corrected chi connectivity index (χ3v) is 4.82. The van der Waals surface area contributed by atoms with Crippen LogP contribution in [0.25, 0.3) is 0 Å². The van der Waals surface area contributed by atoms with Crippen molar-refractivity contribution in [3.63, 3.8) is 0 Å². The van der Waals surface area contributed by atoms with E-state index in [1.807, 2.05) is 11.8 Å². The summed E-state index contributed by atoms with van der Waals surface area (Å²) in [5.74, 6) is 1.14. The van der Waals surface area contributed by atoms with Gasteiger partial charge in [-0.1, -0.05) is 40.7 Å². The number of hydrogen-bond acceptors (Lipinski definition) is 3. The summed E-state index contributed by atoms with van der Waals surface area (Å²) >= 11 is 5.32. The van der Waals surface area contributed by atoms with Crippen molar-refractivity contribution >= 4 is 38.5 Å². The summed E-state index contributed by atoms with van der Waals surface area (Å²) < 4.78 is 1.09. The minimum atomic E-state index is 0.105. The number of nitrogens with zero attached hydrogens (tertiary/aromatic N) is 1. The van der Waals surface area contributed by atoms with Crippen LogP contribution in [0.4, 0.5) is 5.69 Å². The molecule has 1 aliphatic heterocycles. The van der Waals surface area contributed by atoms with Crippen molar-refractivity contribution in [2.24, 2.45) is 4.99 Å². The van der Waals surface area contributed by atoms with Crippen LogP contribution in [-0.4, -0.2) is 16.5 Å². The number of anilines is 1. The molecule has 0 radical (unpaired) electrons. The van der Waals surface area contributed by atoms with Gasteiger partial charge in [0, 0.05) is 15.9 Å². The molecule has 0 spiro atoms. The van der Waals surface area contributed by atoms with Crippen molar-refractivity contribution in [3.05, 3.63) is 28.2 Å². The Morgan fingerprint density at radius 2 is 2.28 bits per heavy atom. The summed E-state index contributed by atoms with van der Waals surface area (Å²) in [5, 5.41) is 4.51. The smallest absolute Gasteiger partial charge is 0.161 e. The minimum absolute atomic E-state index is 0.105. The van der Waals surface area contributed by atoms with Gasteiger partial charge in [0.25, 0.3) is 0 Å². The Hall–Kier alpha value is -0.480. The maximum absolute atomic E-state index is 4.85. The molecule has 1 unspecified atom stereocenters. The van der Waals surface area contributed by atoms with Gasteiger partial charge < -0.3 is 5.32 Å². The SMILES string of the molecule is CCC1(C)CCSC(Nc2cc(Br)ccc2C)=N1. The summed E-state index contributed by atoms with van der Waals surface area (Å²) in [7, 11) is 0. The number of halogens is 1. The second kappa shape index (κ2) is 5.66. The molecule has 0 aromatic heterocycles. The van der Waals surface area contributed by atoms with E-state index in [0.717, 1.165) is 33.9 Å². The lowest BCUT2D eigenvalue weighted by Gasteiger charge is -2.29. The summed E-state index contributed by atoms with van der Waals surface area (Å²) in [6, 6.07) is 6.28. The first-order valence-electron chi connectivity index (χ1n) is 6.28. The molecule has 2 rings (SSSR count). The normalized spacial score (nSPS) is 23.7. The molecule has 1 N–H and O–H groups in total. The molecule has 0 fully saturated rings. The first-order chi connectivity index (χ1) is 8.52. The quantitative estimate of drug-likeness (QED) is 0.841. The van der Waals surface area contributed by atoms with Crippen molar-refractivity contribution < 1.29 is 0 Å². The molecule has 1 aromatic carbocycles. The van der Waals surface area contributed by atoms with E-state index in [0.29, 0.717) is 0 Å². The topological polar surface area (TPSA) is 24.4 Å². The van der Waals surface area contributed by atoms with Crippen LogP contribution < -0.4 is 5.32 Å². The Morgan fingerprint density at radius 1 is 1.50 bits per heavy atom. The van der Waals surface area contributed by atoms with E-state index in [-0.39, 0.29) is 5.54 Å². The third kappa shape index (κ3) is 3.29. The molecule has 98 valence electrons. The molecule has 1 atom stereocenters. The number of aryl methyl sites for hydroxylation is 1. The summed E-state index contributed by atoms with van der Waals surface area (Å²) in [6.07, 6.45) is 2.26. The number of amidine groups is 1. The monoisotopic (exact) mass is 326 g/mol. The molecule has 4 heteroatoms. The first kappa shape index (κ1) is 13.9. The lowest BCUT2D eigenvalue weighted by atomic mass is 9.97. The number of rotatable bonds is 2. The Balaban J connectivity index is 2.21. The van der Waals surface area contributed by atoms with E-state index in [1.54, 1.807) is 0 Å². The zero-order valence-corrected chi connectivity index (χ0v) is 13.5. The molecule has 0 aliphatic carbocycles. The Bertz CT molecular complexity index is 473. The molecule has 1 aliphatic rings. The highest BCUT2D eigenvalue weighted by Gasteiger charge is 2.26. The second-order valence-electron chi connectivity index (χ2n) is 4.95. The van der Waals surface area contributed by atoms with Crippen molar-refractivity contribution in [3.8, 4) is 0 Å². The van der Waals surface area contributed by atoms with Crippen LogP contribution in [0.3, 0.4) is 0 Å². The van der Waals surface area contributed by atoms with E-state index in [9.17, 15) is 0 Å². The largest absolute Gasteiger partial charge is 0.335 e. The van der Waals surface area contributed by atoms with Gasteiger partial charge >= 0.3 is 0 Å². The van der Waals surface area contributed by atoms with Crippen LogP contribution in [-0.2, 0) is 0 Å². The van der Waals surface area contributed by atoms with E-state index >= 15 is 0 Å². The predicted octanol–water partition coefficient (Wildman–Crippen LogP) is 4.83. The number of aliphatic imine (C=N–C) groups is 1. The van der Waals surface area contributed by atoms with E-state index < -0.39 is 0 Å². The standard InChI is InChI=1S/C14H19BrN2S/c1-4-14(3)7-8-18-13(17-14)16-12-9-11(15)6-5-10(12)2/h5-6,9H,4,7-8H2,1-3H3,(H,16,17). The number of nitrogens with one attached hydrogen (secondary N) is 1. The predicted molar refractivity (Wildman–Crippen MR) is 85.7 cm³/mol. The van der Waals surface area contributed by atoms with Crippen LogP contribution in [0.15, 0.2) is 27.7 Å². The molecular weight excluding hydrogens is 308 g/mol. The fourth-order valence-electron chi connectivity index (χ4n) is 1.86. The average molecular weight is 327 g/mol. The molecular formula is C14H19BrN2S. The molecule has 1 aromatic rings. The average Bonchev–Trinajstić information content (AvgIpc) is 2.34. The number of thioether (sulfide) groups is 1. The summed E-state index contributed by atoms with van der Waals surface area (Å²) in [6.45, 7) is 6.56. The van der Waals surface area contributed by atoms with Crippen LogP contribution in [0.1, 0.15) is 32.3 Å². The number of hydrogen-bond donors (Lipinski definition) is 1. The van der Waals surface area contributed by atoms with Gasteiger partial charge in [-0.15, -0.1) is 0 Å². The highest BCUT2D eigenvalue weighted by atomic mass is 79.9. The van der Waals surface area contributed by atoms with Gasteiger partial charge in [0.15, 0.2) is 5.17 Å². The van der Waals surface area contributed by atoms with Gasteiger partial charge in [-0.05, 0) is 44.4 Å². The molecule has 0 saturated heterocycles. The van der Waals surface area contributed by atoms with Gasteiger partial charge in [0.05, 0.1) is 5.54 Å². The van der Waals surface area contributed by atoms with Crippen LogP contribution >= 0.6 is 27.7 Å². The molecule has 1 heterocycles. The first-order valence-corrected chi connectivity index (χ1v) is 8.06. The van der Waals surface area contributed by atoms with Crippen LogP contribution in [0.2, 0.25) is 0 Å². The van der Waals surface area contributed by atoms with E-state index in [2.05, 4.69) is 60.2 Å². The Labute approximate surface area is 122 Å². The lowest BCUT2D eigenvalue weighted by molar-refractivity contribution is 0.443. The van der Waals surface area contributed by atoms with Crippen molar-refractivity contribution in [1.29, 1.82) is 0 Å². The van der Waals surface area contributed by atoms with Crippen LogP contribution in [0, 0.1) is 6.92 Å². The van der Waals surface area contributed by atoms with Crippen molar-refractivity contribution in [2.45, 2.75) is 39.2 Å². The molecule has 0 amide bonds. The third-order valence-electron chi connectivity index (χ3n) is 3.45. The van der Waals surface area contributed by atoms with Gasteiger partial charge in [0.1, 0.15) is 0 Å². The second-order valence-corrected chi connectivity index (χ2v) is 6.95. The highest BCUT2D eigenvalue weighted by Crippen LogP contribution is 2.30. The zero-order valence-electron chi connectivity index (χ0n) is 11.1. The Kier molecular flexibility index (Phi) is 4.38. The zero-order chi connectivity index (χ0) is 13.2. The lowest BCUT2D eigenvalue weighted by Crippen LogP contribution is -2.29. The number of benzene rings is 1. The summed E-state index contributed by atoms with van der Waals surface area (Å²) in [4.78, 5) is 4.85. The van der Waals surface area contributed by atoms with Crippen molar-refractivity contribution in [1.82, 2.24) is 0 Å². The molecule has 0 saturated carbocycles. The van der Waals surface area contributed by atoms with Gasteiger partial charge in [-0.2, -0.15) is 0 Å². The molecule has 18 heavy (non-hydrogen) atoms. The fraction of sp³-hybridized carbons (Fsp3) is 0.500. The van der Waals surface area contributed by atoms with E-state index in [4.69, 9.17) is 4.99 Å². The van der Waals surface area contributed by atoms with Gasteiger partial charge in [-0.3, -0.25) is 4.99 Å². The van der Waals surface area contributed by atoms with Crippen LogP contribution in [0.5, 0.6) is 0 Å². The maximum Gasteiger partial charge on any atom is 0.161 e. The van der Waals surface area contributed by atoms with E-state index in [1.165, 1.54) is 5.56 Å². The highest BCUT2D eigenvalue weighted by molar-refractivity contribution is 9.10. The van der Waals surface area contributed by atoms with Gasteiger partial charge in [0.2, 0.25) is 0 Å². The Morgan fingerprint density at radius 3 is 3.00 bits per heavy atom. The molecule has 0 bridgehead atoms. The molecule has 2 nitrogen and oxygen atoms in total. The van der Waals surface area contributed by atoms with Crippen molar-refractivity contribution in [2.75, 3.05) is 11.1 Å². The fourth-order valence-corrected chi connectivity index (χ4v) is 3.43. The summed E-state index contributed by atoms with van der Waals surface area (Å²) in [5.41, 5.74) is 2.48. The van der Waals surface area contributed by atoms with Gasteiger partial charge in [-0.25, -0.2) is 0 Å². The minimum Gasteiger partial charge on any atom is -0.335 e.